The molecule has 0 atom stereocenters. The molecular formula is C13H18FN. The SMILES string of the molecule is CCNCC(=Cc1ccccc1F)CC. The lowest BCUT2D eigenvalue weighted by atomic mass is 10.1. The van der Waals surface area contributed by atoms with E-state index in [0.717, 1.165) is 19.5 Å². The fourth-order valence-corrected chi connectivity index (χ4v) is 1.38. The summed E-state index contributed by atoms with van der Waals surface area (Å²) < 4.78 is 13.3. The molecule has 0 saturated carbocycles. The smallest absolute Gasteiger partial charge is 0.130 e. The molecule has 1 N–H and O–H groups in total. The van der Waals surface area contributed by atoms with Crippen molar-refractivity contribution in [2.45, 2.75) is 20.3 Å². The van der Waals surface area contributed by atoms with Gasteiger partial charge in [0.25, 0.3) is 0 Å². The lowest BCUT2D eigenvalue weighted by Gasteiger charge is -2.05. The van der Waals surface area contributed by atoms with E-state index in [1.165, 1.54) is 11.6 Å². The van der Waals surface area contributed by atoms with Gasteiger partial charge in [-0.15, -0.1) is 0 Å². The molecule has 0 saturated heterocycles. The van der Waals surface area contributed by atoms with Crippen molar-refractivity contribution in [3.63, 3.8) is 0 Å². The molecule has 82 valence electrons. The van der Waals surface area contributed by atoms with Crippen LogP contribution in [-0.2, 0) is 0 Å². The predicted molar refractivity (Wildman–Crippen MR) is 63.2 cm³/mol. The molecule has 1 aromatic carbocycles. The van der Waals surface area contributed by atoms with Crippen LogP contribution < -0.4 is 5.32 Å². The van der Waals surface area contributed by atoms with E-state index in [1.807, 2.05) is 12.1 Å². The molecule has 1 rings (SSSR count). The maximum Gasteiger partial charge on any atom is 0.130 e. The number of rotatable bonds is 5. The molecule has 1 aromatic rings. The minimum absolute atomic E-state index is 0.153. The fourth-order valence-electron chi connectivity index (χ4n) is 1.38. The van der Waals surface area contributed by atoms with Crippen molar-refractivity contribution in [2.24, 2.45) is 0 Å². The highest BCUT2D eigenvalue weighted by Crippen LogP contribution is 2.12. The molecular weight excluding hydrogens is 189 g/mol. The third-order valence-electron chi connectivity index (χ3n) is 2.32. The highest BCUT2D eigenvalue weighted by atomic mass is 19.1. The number of hydrogen-bond donors (Lipinski definition) is 1. The second-order valence-corrected chi connectivity index (χ2v) is 3.46. The van der Waals surface area contributed by atoms with Crippen LogP contribution in [0.3, 0.4) is 0 Å². The topological polar surface area (TPSA) is 12.0 Å². The average molecular weight is 207 g/mol. The van der Waals surface area contributed by atoms with Crippen LogP contribution in [0.5, 0.6) is 0 Å². The molecule has 15 heavy (non-hydrogen) atoms. The van der Waals surface area contributed by atoms with E-state index in [9.17, 15) is 4.39 Å². The van der Waals surface area contributed by atoms with E-state index in [2.05, 4.69) is 19.2 Å². The molecule has 0 heterocycles. The lowest BCUT2D eigenvalue weighted by molar-refractivity contribution is 0.624. The lowest BCUT2D eigenvalue weighted by Crippen LogP contribution is -2.15. The Bertz CT molecular complexity index is 331. The van der Waals surface area contributed by atoms with Gasteiger partial charge in [-0.25, -0.2) is 4.39 Å². The number of benzene rings is 1. The van der Waals surface area contributed by atoms with Gasteiger partial charge < -0.3 is 5.32 Å². The molecule has 0 spiro atoms. The Labute approximate surface area is 91.0 Å². The van der Waals surface area contributed by atoms with Gasteiger partial charge in [0, 0.05) is 12.1 Å². The first-order valence-electron chi connectivity index (χ1n) is 5.42. The van der Waals surface area contributed by atoms with Gasteiger partial charge in [0.05, 0.1) is 0 Å². The summed E-state index contributed by atoms with van der Waals surface area (Å²) in [5.74, 6) is -0.153. The quantitative estimate of drug-likeness (QED) is 0.781. The molecule has 0 bridgehead atoms. The highest BCUT2D eigenvalue weighted by molar-refractivity contribution is 5.53. The standard InChI is InChI=1S/C13H18FN/c1-3-11(10-15-4-2)9-12-7-5-6-8-13(12)14/h5-9,15H,3-4,10H2,1-2H3. The van der Waals surface area contributed by atoms with E-state index in [-0.39, 0.29) is 5.82 Å². The summed E-state index contributed by atoms with van der Waals surface area (Å²) >= 11 is 0. The number of halogens is 1. The van der Waals surface area contributed by atoms with E-state index in [4.69, 9.17) is 0 Å². The summed E-state index contributed by atoms with van der Waals surface area (Å²) in [6.45, 7) is 5.93. The Kier molecular flexibility index (Phi) is 5.05. The van der Waals surface area contributed by atoms with Crippen molar-refractivity contribution in [2.75, 3.05) is 13.1 Å². The van der Waals surface area contributed by atoms with Crippen LogP contribution in [0.2, 0.25) is 0 Å². The third kappa shape index (κ3) is 3.84. The first-order valence-corrected chi connectivity index (χ1v) is 5.42. The molecule has 0 aliphatic rings. The first-order chi connectivity index (χ1) is 7.27. The summed E-state index contributed by atoms with van der Waals surface area (Å²) in [6, 6.07) is 6.86. The minimum atomic E-state index is -0.153. The molecule has 0 fully saturated rings. The number of hydrogen-bond acceptors (Lipinski definition) is 1. The molecule has 0 aliphatic heterocycles. The summed E-state index contributed by atoms with van der Waals surface area (Å²) in [7, 11) is 0. The normalized spacial score (nSPS) is 11.8. The van der Waals surface area contributed by atoms with Gasteiger partial charge in [-0.1, -0.05) is 43.7 Å². The predicted octanol–water partition coefficient (Wildman–Crippen LogP) is 3.23. The molecule has 1 nitrogen and oxygen atoms in total. The van der Waals surface area contributed by atoms with Crippen molar-refractivity contribution in [3.05, 3.63) is 41.2 Å². The Morgan fingerprint density at radius 1 is 1.33 bits per heavy atom. The van der Waals surface area contributed by atoms with Gasteiger partial charge >= 0.3 is 0 Å². The zero-order chi connectivity index (χ0) is 11.1. The molecule has 2 heteroatoms. The van der Waals surface area contributed by atoms with Crippen LogP contribution in [-0.4, -0.2) is 13.1 Å². The molecule has 0 amide bonds. The van der Waals surface area contributed by atoms with Gasteiger partial charge in [0.1, 0.15) is 5.82 Å². The van der Waals surface area contributed by atoms with Crippen molar-refractivity contribution in [1.82, 2.24) is 5.32 Å². The maximum absolute atomic E-state index is 13.3. The van der Waals surface area contributed by atoms with Crippen LogP contribution in [0, 0.1) is 5.82 Å². The highest BCUT2D eigenvalue weighted by Gasteiger charge is 1.99. The maximum atomic E-state index is 13.3. The zero-order valence-corrected chi connectivity index (χ0v) is 9.39. The van der Waals surface area contributed by atoms with Crippen LogP contribution >= 0.6 is 0 Å². The van der Waals surface area contributed by atoms with Crippen LogP contribution in [0.1, 0.15) is 25.8 Å². The van der Waals surface area contributed by atoms with E-state index in [0.29, 0.717) is 5.56 Å². The van der Waals surface area contributed by atoms with E-state index in [1.54, 1.807) is 12.1 Å². The van der Waals surface area contributed by atoms with Gasteiger partial charge in [-0.05, 0) is 19.0 Å². The zero-order valence-electron chi connectivity index (χ0n) is 9.39. The Morgan fingerprint density at radius 3 is 2.67 bits per heavy atom. The van der Waals surface area contributed by atoms with Gasteiger partial charge in [0.15, 0.2) is 0 Å². The van der Waals surface area contributed by atoms with Gasteiger partial charge in [-0.2, -0.15) is 0 Å². The van der Waals surface area contributed by atoms with Gasteiger partial charge in [0.2, 0.25) is 0 Å². The van der Waals surface area contributed by atoms with Crippen molar-refractivity contribution in [1.29, 1.82) is 0 Å². The van der Waals surface area contributed by atoms with E-state index >= 15 is 0 Å². The van der Waals surface area contributed by atoms with Crippen molar-refractivity contribution < 1.29 is 4.39 Å². The largest absolute Gasteiger partial charge is 0.313 e. The fraction of sp³-hybridized carbons (Fsp3) is 0.385. The Morgan fingerprint density at radius 2 is 2.07 bits per heavy atom. The second-order valence-electron chi connectivity index (χ2n) is 3.46. The molecule has 0 unspecified atom stereocenters. The summed E-state index contributed by atoms with van der Waals surface area (Å²) in [6.07, 6.45) is 2.87. The minimum Gasteiger partial charge on any atom is -0.313 e. The molecule has 0 aliphatic carbocycles. The summed E-state index contributed by atoms with van der Waals surface area (Å²) in [5, 5.41) is 3.25. The van der Waals surface area contributed by atoms with Crippen molar-refractivity contribution >= 4 is 6.08 Å². The number of nitrogens with one attached hydrogen (secondary N) is 1. The second kappa shape index (κ2) is 6.36. The van der Waals surface area contributed by atoms with E-state index < -0.39 is 0 Å². The Hall–Kier alpha value is -1.15. The number of likely N-dealkylation sites (N-methyl/N-ethyl adjacent to an activating group) is 1. The van der Waals surface area contributed by atoms with Gasteiger partial charge in [-0.3, -0.25) is 0 Å². The van der Waals surface area contributed by atoms with Crippen LogP contribution in [0.15, 0.2) is 29.8 Å². The van der Waals surface area contributed by atoms with Crippen LogP contribution in [0.25, 0.3) is 6.08 Å². The monoisotopic (exact) mass is 207 g/mol. The summed E-state index contributed by atoms with van der Waals surface area (Å²) in [5.41, 5.74) is 1.90. The average Bonchev–Trinajstić information content (AvgIpc) is 2.26. The van der Waals surface area contributed by atoms with Crippen LogP contribution in [0.4, 0.5) is 4.39 Å². The first kappa shape index (κ1) is 11.9. The summed E-state index contributed by atoms with van der Waals surface area (Å²) in [4.78, 5) is 0. The Balaban J connectivity index is 2.78. The third-order valence-corrected chi connectivity index (χ3v) is 2.32. The molecule has 0 aromatic heterocycles. The van der Waals surface area contributed by atoms with Crippen molar-refractivity contribution in [3.8, 4) is 0 Å². The molecule has 0 radical (unpaired) electrons.